The topological polar surface area (TPSA) is 76.4 Å². The molecule has 1 aromatic heterocycles. The highest BCUT2D eigenvalue weighted by atomic mass is 32.1. The minimum Gasteiger partial charge on any atom is -0.494 e. The van der Waals surface area contributed by atoms with Gasteiger partial charge in [0.2, 0.25) is 5.89 Å². The van der Waals surface area contributed by atoms with Gasteiger partial charge < -0.3 is 14.5 Å². The molecular formula is C25H23N3O3S. The molecule has 7 heteroatoms. The first-order valence-electron chi connectivity index (χ1n) is 10.3. The van der Waals surface area contributed by atoms with Crippen LogP contribution in [0.4, 0.5) is 5.69 Å². The van der Waals surface area contributed by atoms with Gasteiger partial charge in [0.1, 0.15) is 11.3 Å². The normalized spacial score (nSPS) is 10.7. The van der Waals surface area contributed by atoms with Crippen molar-refractivity contribution in [3.05, 3.63) is 77.4 Å². The Bertz CT molecular complexity index is 1310. The number of nitrogens with zero attached hydrogens (tertiary/aromatic N) is 1. The number of rotatable bonds is 5. The van der Waals surface area contributed by atoms with Crippen LogP contribution in [0, 0.1) is 13.8 Å². The Morgan fingerprint density at radius 3 is 2.69 bits per heavy atom. The number of aromatic nitrogens is 1. The molecule has 0 fully saturated rings. The lowest BCUT2D eigenvalue weighted by atomic mass is 10.1. The van der Waals surface area contributed by atoms with E-state index in [0.717, 1.165) is 5.56 Å². The molecule has 1 amide bonds. The van der Waals surface area contributed by atoms with Crippen molar-refractivity contribution in [3.8, 4) is 17.2 Å². The van der Waals surface area contributed by atoms with Crippen molar-refractivity contribution in [2.24, 2.45) is 0 Å². The predicted octanol–water partition coefficient (Wildman–Crippen LogP) is 5.64. The number of carbonyl (C=O) groups excluding carboxylic acids is 1. The van der Waals surface area contributed by atoms with E-state index in [1.807, 2.05) is 31.2 Å². The Hall–Kier alpha value is -3.71. The molecule has 0 aliphatic rings. The number of anilines is 1. The van der Waals surface area contributed by atoms with Crippen LogP contribution < -0.4 is 15.4 Å². The number of carbonyl (C=O) groups is 1. The van der Waals surface area contributed by atoms with Crippen LogP contribution in [0.5, 0.6) is 5.75 Å². The van der Waals surface area contributed by atoms with Gasteiger partial charge >= 0.3 is 0 Å². The maximum Gasteiger partial charge on any atom is 0.257 e. The Morgan fingerprint density at radius 2 is 1.91 bits per heavy atom. The summed E-state index contributed by atoms with van der Waals surface area (Å²) >= 11 is 5.31. The fourth-order valence-electron chi connectivity index (χ4n) is 3.23. The van der Waals surface area contributed by atoms with Gasteiger partial charge in [0, 0.05) is 16.8 Å². The van der Waals surface area contributed by atoms with Crippen molar-refractivity contribution >= 4 is 40.0 Å². The van der Waals surface area contributed by atoms with Crippen molar-refractivity contribution in [2.75, 3.05) is 11.9 Å². The largest absolute Gasteiger partial charge is 0.494 e. The van der Waals surface area contributed by atoms with E-state index in [-0.39, 0.29) is 11.0 Å². The van der Waals surface area contributed by atoms with E-state index in [2.05, 4.69) is 41.6 Å². The Morgan fingerprint density at radius 1 is 1.06 bits per heavy atom. The van der Waals surface area contributed by atoms with E-state index in [4.69, 9.17) is 21.4 Å². The summed E-state index contributed by atoms with van der Waals surface area (Å²) in [6, 6.07) is 18.5. The van der Waals surface area contributed by atoms with Gasteiger partial charge in [-0.05, 0) is 92.6 Å². The van der Waals surface area contributed by atoms with E-state index >= 15 is 0 Å². The Balaban J connectivity index is 1.46. The molecule has 0 atom stereocenters. The Labute approximate surface area is 191 Å². The lowest BCUT2D eigenvalue weighted by molar-refractivity contribution is 0.0977. The molecule has 0 spiro atoms. The third kappa shape index (κ3) is 4.78. The second-order valence-electron chi connectivity index (χ2n) is 7.37. The fraction of sp³-hybridized carbons (Fsp3) is 0.160. The van der Waals surface area contributed by atoms with E-state index < -0.39 is 0 Å². The molecule has 2 N–H and O–H groups in total. The highest BCUT2D eigenvalue weighted by Gasteiger charge is 2.12. The quantitative estimate of drug-likeness (QED) is 0.387. The average molecular weight is 446 g/mol. The maximum absolute atomic E-state index is 12.5. The van der Waals surface area contributed by atoms with Crippen LogP contribution >= 0.6 is 12.2 Å². The van der Waals surface area contributed by atoms with Crippen LogP contribution in [-0.4, -0.2) is 22.6 Å². The van der Waals surface area contributed by atoms with Gasteiger partial charge in [0.05, 0.1) is 6.61 Å². The number of thiocarbonyl (C=S) groups is 1. The minimum absolute atomic E-state index is 0.189. The summed E-state index contributed by atoms with van der Waals surface area (Å²) in [5, 5.41) is 5.90. The van der Waals surface area contributed by atoms with Crippen LogP contribution in [-0.2, 0) is 0 Å². The van der Waals surface area contributed by atoms with Gasteiger partial charge in [-0.15, -0.1) is 0 Å². The summed E-state index contributed by atoms with van der Waals surface area (Å²) in [5.74, 6) is 0.879. The SMILES string of the molecule is CCOc1cccc(C(=O)NC(=S)Nc2ccc3oc(-c4ccc(C)c(C)c4)nc3c2)c1. The van der Waals surface area contributed by atoms with Gasteiger partial charge in [-0.3, -0.25) is 10.1 Å². The van der Waals surface area contributed by atoms with E-state index in [1.54, 1.807) is 24.3 Å². The second-order valence-corrected chi connectivity index (χ2v) is 7.78. The molecule has 6 nitrogen and oxygen atoms in total. The summed E-state index contributed by atoms with van der Waals surface area (Å²) in [4.78, 5) is 17.1. The number of hydrogen-bond acceptors (Lipinski definition) is 5. The number of nitrogens with one attached hydrogen (secondary N) is 2. The lowest BCUT2D eigenvalue weighted by Crippen LogP contribution is -2.34. The van der Waals surface area contributed by atoms with Crippen molar-refractivity contribution < 1.29 is 13.9 Å². The summed E-state index contributed by atoms with van der Waals surface area (Å²) in [7, 11) is 0. The number of aryl methyl sites for hydroxylation is 2. The van der Waals surface area contributed by atoms with Gasteiger partial charge in [-0.2, -0.15) is 0 Å². The number of ether oxygens (including phenoxy) is 1. The van der Waals surface area contributed by atoms with Crippen LogP contribution in [0.2, 0.25) is 0 Å². The number of benzene rings is 3. The molecule has 4 aromatic rings. The van der Waals surface area contributed by atoms with Crippen molar-refractivity contribution in [1.82, 2.24) is 10.3 Å². The molecule has 0 aliphatic heterocycles. The average Bonchev–Trinajstić information content (AvgIpc) is 3.19. The first-order valence-corrected chi connectivity index (χ1v) is 10.7. The monoisotopic (exact) mass is 445 g/mol. The molecule has 0 radical (unpaired) electrons. The molecule has 4 rings (SSSR count). The molecule has 1 heterocycles. The molecule has 0 aliphatic carbocycles. The van der Waals surface area contributed by atoms with Crippen LogP contribution in [0.25, 0.3) is 22.6 Å². The van der Waals surface area contributed by atoms with Crippen LogP contribution in [0.1, 0.15) is 28.4 Å². The van der Waals surface area contributed by atoms with Crippen molar-refractivity contribution in [1.29, 1.82) is 0 Å². The summed E-state index contributed by atoms with van der Waals surface area (Å²) in [5.41, 5.74) is 5.86. The predicted molar refractivity (Wildman–Crippen MR) is 130 cm³/mol. The zero-order valence-corrected chi connectivity index (χ0v) is 18.9. The number of hydrogen-bond donors (Lipinski definition) is 2. The smallest absolute Gasteiger partial charge is 0.257 e. The third-order valence-electron chi connectivity index (χ3n) is 5.03. The van der Waals surface area contributed by atoms with Crippen molar-refractivity contribution in [3.63, 3.8) is 0 Å². The molecule has 0 saturated carbocycles. The Kier molecular flexibility index (Phi) is 6.18. The highest BCUT2D eigenvalue weighted by molar-refractivity contribution is 7.80. The zero-order chi connectivity index (χ0) is 22.7. The fourth-order valence-corrected chi connectivity index (χ4v) is 3.45. The van der Waals surface area contributed by atoms with E-state index in [9.17, 15) is 4.79 Å². The van der Waals surface area contributed by atoms with E-state index in [0.29, 0.717) is 40.6 Å². The van der Waals surface area contributed by atoms with Crippen molar-refractivity contribution in [2.45, 2.75) is 20.8 Å². The number of amides is 1. The third-order valence-corrected chi connectivity index (χ3v) is 5.24. The molecular weight excluding hydrogens is 422 g/mol. The van der Waals surface area contributed by atoms with Crippen LogP contribution in [0.3, 0.4) is 0 Å². The first kappa shape index (κ1) is 21.5. The first-order chi connectivity index (χ1) is 15.4. The van der Waals surface area contributed by atoms with Gasteiger partial charge in [0.15, 0.2) is 10.7 Å². The summed E-state index contributed by atoms with van der Waals surface area (Å²) in [6.45, 7) is 6.55. The molecule has 32 heavy (non-hydrogen) atoms. The minimum atomic E-state index is -0.316. The highest BCUT2D eigenvalue weighted by Crippen LogP contribution is 2.27. The number of fused-ring (bicyclic) bond motifs is 1. The van der Waals surface area contributed by atoms with Gasteiger partial charge in [-0.25, -0.2) is 4.98 Å². The zero-order valence-electron chi connectivity index (χ0n) is 18.1. The summed E-state index contributed by atoms with van der Waals surface area (Å²) in [6.07, 6.45) is 0. The van der Waals surface area contributed by atoms with Crippen LogP contribution in [0.15, 0.2) is 65.1 Å². The molecule has 0 bridgehead atoms. The second kappa shape index (κ2) is 9.20. The molecule has 162 valence electrons. The van der Waals surface area contributed by atoms with Gasteiger partial charge in [-0.1, -0.05) is 12.1 Å². The standard InChI is InChI=1S/C25H23N3O3S/c1-4-30-20-7-5-6-17(13-20)23(29)28-25(32)26-19-10-11-22-21(14-19)27-24(31-22)18-9-8-15(2)16(3)12-18/h5-14H,4H2,1-3H3,(H2,26,28,29,32). The van der Waals surface area contributed by atoms with E-state index in [1.165, 1.54) is 11.1 Å². The molecule has 3 aromatic carbocycles. The lowest BCUT2D eigenvalue weighted by Gasteiger charge is -2.10. The molecule has 0 saturated heterocycles. The number of oxazole rings is 1. The maximum atomic E-state index is 12.5. The molecule has 0 unspecified atom stereocenters. The summed E-state index contributed by atoms with van der Waals surface area (Å²) < 4.78 is 11.3. The van der Waals surface area contributed by atoms with Gasteiger partial charge in [0.25, 0.3) is 5.91 Å².